The summed E-state index contributed by atoms with van der Waals surface area (Å²) in [5.74, 6) is -1.50. The zero-order valence-electron chi connectivity index (χ0n) is 22.0. The van der Waals surface area contributed by atoms with Crippen LogP contribution in [0.2, 0.25) is 0 Å². The molecule has 0 aliphatic heterocycles. The number of nitrogens with one attached hydrogen (secondary N) is 1. The average molecular weight is 538 g/mol. The van der Waals surface area contributed by atoms with Crippen molar-refractivity contribution in [3.63, 3.8) is 0 Å². The summed E-state index contributed by atoms with van der Waals surface area (Å²) >= 11 is 0. The highest BCUT2D eigenvalue weighted by Crippen LogP contribution is 2.33. The number of carbonyl (C=O) groups is 2. The second-order valence-electron chi connectivity index (χ2n) is 9.67. The Morgan fingerprint density at radius 3 is 1.92 bits per heavy atom. The summed E-state index contributed by atoms with van der Waals surface area (Å²) in [7, 11) is -4.02. The van der Waals surface area contributed by atoms with Gasteiger partial charge < -0.3 is 0 Å². The zero-order valence-corrected chi connectivity index (χ0v) is 22.8. The molecular weight excluding hydrogens is 506 g/mol. The summed E-state index contributed by atoms with van der Waals surface area (Å²) < 4.78 is 30.0. The molecule has 0 aliphatic carbocycles. The van der Waals surface area contributed by atoms with Gasteiger partial charge in [0.05, 0.1) is 10.9 Å². The highest BCUT2D eigenvalue weighted by Gasteiger charge is 2.35. The Bertz CT molecular complexity index is 1580. The fourth-order valence-electron chi connectivity index (χ4n) is 4.53. The molecule has 0 bridgehead atoms. The molecule has 0 saturated carbocycles. The maximum Gasteiger partial charge on any atom is 0.241 e. The van der Waals surface area contributed by atoms with Crippen molar-refractivity contribution < 1.29 is 18.0 Å². The number of benzene rings is 4. The summed E-state index contributed by atoms with van der Waals surface area (Å²) in [6, 6.07) is 30.4. The summed E-state index contributed by atoms with van der Waals surface area (Å²) in [5.41, 5.74) is 3.58. The number of carbonyl (C=O) groups excluding carboxylic acids is 2. The lowest BCUT2D eigenvalue weighted by Crippen LogP contribution is -2.37. The van der Waals surface area contributed by atoms with Gasteiger partial charge in [-0.3, -0.25) is 9.59 Å². The van der Waals surface area contributed by atoms with E-state index < -0.39 is 22.0 Å². The highest BCUT2D eigenvalue weighted by atomic mass is 32.2. The molecule has 198 valence electrons. The van der Waals surface area contributed by atoms with Crippen molar-refractivity contribution in [3.05, 3.63) is 149 Å². The summed E-state index contributed by atoms with van der Waals surface area (Å²) in [4.78, 5) is 27.4. The molecule has 39 heavy (non-hydrogen) atoms. The number of ketones is 2. The van der Waals surface area contributed by atoms with Crippen molar-refractivity contribution in [2.75, 3.05) is 0 Å². The lowest BCUT2D eigenvalue weighted by Gasteiger charge is -2.28. The van der Waals surface area contributed by atoms with Gasteiger partial charge in [-0.15, -0.1) is 0 Å². The van der Waals surface area contributed by atoms with Crippen LogP contribution in [0.3, 0.4) is 0 Å². The van der Waals surface area contributed by atoms with E-state index in [1.807, 2.05) is 44.2 Å². The Kier molecular flexibility index (Phi) is 8.69. The maximum atomic E-state index is 14.0. The Labute approximate surface area is 230 Å². The van der Waals surface area contributed by atoms with Gasteiger partial charge in [0.25, 0.3) is 0 Å². The first kappa shape index (κ1) is 27.9. The first-order valence-electron chi connectivity index (χ1n) is 12.7. The summed E-state index contributed by atoms with van der Waals surface area (Å²) in [6.07, 6.45) is -0.0313. The third-order valence-electron chi connectivity index (χ3n) is 6.64. The normalized spacial score (nSPS) is 12.9. The van der Waals surface area contributed by atoms with Crippen LogP contribution in [0.15, 0.2) is 126 Å². The molecule has 0 spiro atoms. The van der Waals surface area contributed by atoms with Gasteiger partial charge in [-0.2, -0.15) is 0 Å². The SMILES string of the molecule is C=C(C[C@@H](C(=O)c1ccccc1)[C@H](NS(=O)(=O)c1ccc(C)cc1)c1cccc(C)c1)C(=O)c1ccccc1. The third kappa shape index (κ3) is 6.85. The number of sulfonamides is 1. The van der Waals surface area contributed by atoms with E-state index in [4.69, 9.17) is 0 Å². The number of aryl methyl sites for hydroxylation is 2. The Morgan fingerprint density at radius 2 is 1.33 bits per heavy atom. The van der Waals surface area contributed by atoms with Gasteiger partial charge in [0.1, 0.15) is 0 Å². The molecule has 0 amide bonds. The van der Waals surface area contributed by atoms with E-state index in [0.29, 0.717) is 16.7 Å². The molecule has 0 heterocycles. The molecule has 4 rings (SSSR count). The van der Waals surface area contributed by atoms with Crippen molar-refractivity contribution >= 4 is 21.6 Å². The van der Waals surface area contributed by atoms with Crippen LogP contribution in [0.25, 0.3) is 0 Å². The molecule has 1 N–H and O–H groups in total. The molecule has 2 atom stereocenters. The van der Waals surface area contributed by atoms with Crippen LogP contribution in [0.4, 0.5) is 0 Å². The van der Waals surface area contributed by atoms with Crippen LogP contribution in [0, 0.1) is 19.8 Å². The standard InChI is InChI=1S/C33H31NO4S/c1-23-17-19-29(20-18-23)39(37,38)34-31(28-16-10-11-24(2)21-28)30(33(36)27-14-8-5-9-15-27)22-25(3)32(35)26-12-6-4-7-13-26/h4-21,30-31,34H,3,22H2,1-2H3/t30-,31-/m1/s1. The van der Waals surface area contributed by atoms with Gasteiger partial charge in [0.15, 0.2) is 11.6 Å². The van der Waals surface area contributed by atoms with Crippen LogP contribution in [0.1, 0.15) is 49.9 Å². The van der Waals surface area contributed by atoms with Crippen molar-refractivity contribution in [3.8, 4) is 0 Å². The second-order valence-corrected chi connectivity index (χ2v) is 11.4. The number of rotatable bonds is 11. The van der Waals surface area contributed by atoms with Crippen LogP contribution in [0.5, 0.6) is 0 Å². The van der Waals surface area contributed by atoms with Crippen LogP contribution < -0.4 is 4.72 Å². The molecule has 4 aromatic rings. The van der Waals surface area contributed by atoms with Gasteiger partial charge >= 0.3 is 0 Å². The number of hydrogen-bond acceptors (Lipinski definition) is 4. The van der Waals surface area contributed by atoms with E-state index >= 15 is 0 Å². The van der Waals surface area contributed by atoms with E-state index in [0.717, 1.165) is 11.1 Å². The average Bonchev–Trinajstić information content (AvgIpc) is 2.95. The Morgan fingerprint density at radius 1 is 0.744 bits per heavy atom. The molecular formula is C33H31NO4S. The quantitative estimate of drug-likeness (QED) is 0.172. The van der Waals surface area contributed by atoms with E-state index in [2.05, 4.69) is 11.3 Å². The molecule has 5 nitrogen and oxygen atoms in total. The molecule has 0 unspecified atom stereocenters. The monoisotopic (exact) mass is 537 g/mol. The molecule has 0 aromatic heterocycles. The highest BCUT2D eigenvalue weighted by molar-refractivity contribution is 7.89. The van der Waals surface area contributed by atoms with Crippen molar-refractivity contribution in [2.24, 2.45) is 5.92 Å². The Balaban J connectivity index is 1.80. The fraction of sp³-hybridized carbons (Fsp3) is 0.152. The number of Topliss-reactive ketones (excluding diaryl/α,β-unsaturated/α-hetero) is 2. The minimum atomic E-state index is -4.02. The lowest BCUT2D eigenvalue weighted by molar-refractivity contribution is 0.0891. The fourth-order valence-corrected chi connectivity index (χ4v) is 5.79. The molecule has 4 aromatic carbocycles. The van der Waals surface area contributed by atoms with Gasteiger partial charge in [-0.25, -0.2) is 13.1 Å². The van der Waals surface area contributed by atoms with Gasteiger partial charge in [-0.1, -0.05) is 115 Å². The smallest absolute Gasteiger partial charge is 0.241 e. The second kappa shape index (κ2) is 12.2. The molecule has 0 saturated heterocycles. The predicted octanol–water partition coefficient (Wildman–Crippen LogP) is 6.65. The van der Waals surface area contributed by atoms with Crippen LogP contribution in [-0.2, 0) is 10.0 Å². The van der Waals surface area contributed by atoms with E-state index in [1.54, 1.807) is 66.7 Å². The largest absolute Gasteiger partial charge is 0.294 e. The topological polar surface area (TPSA) is 80.3 Å². The zero-order chi connectivity index (χ0) is 28.0. The van der Waals surface area contributed by atoms with E-state index in [9.17, 15) is 18.0 Å². The van der Waals surface area contributed by atoms with Gasteiger partial charge in [0, 0.05) is 17.0 Å². The molecule has 0 aliphatic rings. The first-order chi connectivity index (χ1) is 18.7. The number of hydrogen-bond donors (Lipinski definition) is 1. The van der Waals surface area contributed by atoms with E-state index in [1.165, 1.54) is 12.1 Å². The summed E-state index contributed by atoms with van der Waals surface area (Å²) in [6.45, 7) is 7.81. The molecule has 0 radical (unpaired) electrons. The maximum absolute atomic E-state index is 14.0. The summed E-state index contributed by atoms with van der Waals surface area (Å²) in [5, 5.41) is 0. The van der Waals surface area contributed by atoms with Gasteiger partial charge in [0.2, 0.25) is 10.0 Å². The molecule has 0 fully saturated rings. The van der Waals surface area contributed by atoms with E-state index in [-0.39, 0.29) is 28.5 Å². The van der Waals surface area contributed by atoms with Crippen molar-refractivity contribution in [1.29, 1.82) is 0 Å². The number of allylic oxidation sites excluding steroid dienone is 1. The predicted molar refractivity (Wildman–Crippen MR) is 154 cm³/mol. The molecule has 6 heteroatoms. The lowest BCUT2D eigenvalue weighted by atomic mass is 9.81. The minimum Gasteiger partial charge on any atom is -0.294 e. The third-order valence-corrected chi connectivity index (χ3v) is 8.09. The van der Waals surface area contributed by atoms with Crippen LogP contribution in [-0.4, -0.2) is 20.0 Å². The van der Waals surface area contributed by atoms with Crippen LogP contribution >= 0.6 is 0 Å². The first-order valence-corrected chi connectivity index (χ1v) is 14.2. The Hall–Kier alpha value is -4.13. The van der Waals surface area contributed by atoms with Gasteiger partial charge in [-0.05, 0) is 43.5 Å². The minimum absolute atomic E-state index is 0.0313. The van der Waals surface area contributed by atoms with Crippen molar-refractivity contribution in [1.82, 2.24) is 4.72 Å². The van der Waals surface area contributed by atoms with Crippen molar-refractivity contribution in [2.45, 2.75) is 31.2 Å².